The van der Waals surface area contributed by atoms with E-state index in [2.05, 4.69) is 22.4 Å². The fourth-order valence-corrected chi connectivity index (χ4v) is 3.31. The number of carbonyl (C=O) groups excluding carboxylic acids is 2. The molecule has 158 valence electrons. The van der Waals surface area contributed by atoms with E-state index in [9.17, 15) is 9.59 Å². The van der Waals surface area contributed by atoms with Crippen LogP contribution in [0.4, 0.5) is 4.79 Å². The van der Waals surface area contributed by atoms with Gasteiger partial charge in [0.05, 0.1) is 0 Å². The molecule has 1 aliphatic heterocycles. The van der Waals surface area contributed by atoms with Gasteiger partial charge in [-0.2, -0.15) is 4.98 Å². The number of amides is 2. The number of alkyl carbamates (subject to hydrolysis) is 1. The van der Waals surface area contributed by atoms with Crippen molar-refractivity contribution in [3.05, 3.63) is 11.7 Å². The van der Waals surface area contributed by atoms with E-state index in [-0.39, 0.29) is 11.9 Å². The molecule has 0 unspecified atom stereocenters. The van der Waals surface area contributed by atoms with Gasteiger partial charge >= 0.3 is 6.09 Å². The minimum atomic E-state index is -0.530. The topological polar surface area (TPSA) is 97.6 Å². The summed E-state index contributed by atoms with van der Waals surface area (Å²) in [5.41, 5.74) is -0.530. The van der Waals surface area contributed by atoms with E-state index in [4.69, 9.17) is 9.26 Å². The first-order chi connectivity index (χ1) is 13.3. The molecule has 2 amide bonds. The minimum absolute atomic E-state index is 0.0216. The highest BCUT2D eigenvalue weighted by atomic mass is 16.6. The summed E-state index contributed by atoms with van der Waals surface area (Å²) in [7, 11) is 0. The van der Waals surface area contributed by atoms with E-state index in [1.807, 2.05) is 25.7 Å². The average molecular weight is 395 g/mol. The van der Waals surface area contributed by atoms with Gasteiger partial charge in [0.1, 0.15) is 5.60 Å². The third kappa shape index (κ3) is 7.48. The minimum Gasteiger partial charge on any atom is -0.444 e. The quantitative estimate of drug-likeness (QED) is 0.727. The van der Waals surface area contributed by atoms with Gasteiger partial charge in [-0.1, -0.05) is 12.1 Å². The molecule has 1 fully saturated rings. The fraction of sp³-hybridized carbons (Fsp3) is 0.800. The molecular weight excluding hydrogens is 360 g/mol. The van der Waals surface area contributed by atoms with Crippen LogP contribution in [0, 0.1) is 0 Å². The molecule has 1 saturated heterocycles. The normalized spacial score (nSPS) is 17.4. The lowest BCUT2D eigenvalue weighted by molar-refractivity contribution is -0.134. The Morgan fingerprint density at radius 3 is 2.79 bits per heavy atom. The lowest BCUT2D eigenvalue weighted by Crippen LogP contribution is -2.49. The van der Waals surface area contributed by atoms with Crippen LogP contribution in [0.25, 0.3) is 0 Å². The number of hydrogen-bond donors (Lipinski definition) is 1. The van der Waals surface area contributed by atoms with Gasteiger partial charge in [0.25, 0.3) is 0 Å². The molecule has 2 rings (SSSR count). The highest BCUT2D eigenvalue weighted by molar-refractivity contribution is 5.76. The van der Waals surface area contributed by atoms with Crippen molar-refractivity contribution in [2.24, 2.45) is 0 Å². The maximum atomic E-state index is 12.7. The Hall–Kier alpha value is -2.12. The van der Waals surface area contributed by atoms with E-state index in [0.717, 1.165) is 44.5 Å². The van der Waals surface area contributed by atoms with Crippen molar-refractivity contribution in [2.45, 2.75) is 90.7 Å². The van der Waals surface area contributed by atoms with Crippen LogP contribution in [-0.2, 0) is 22.4 Å². The Kier molecular flexibility index (Phi) is 8.26. The number of hydrogen-bond acceptors (Lipinski definition) is 6. The summed E-state index contributed by atoms with van der Waals surface area (Å²) in [6.07, 6.45) is 6.02. The van der Waals surface area contributed by atoms with E-state index in [1.165, 1.54) is 0 Å². The Bertz CT molecular complexity index is 638. The zero-order chi connectivity index (χ0) is 20.6. The number of nitrogens with one attached hydrogen (secondary N) is 1. The van der Waals surface area contributed by atoms with Crippen LogP contribution in [0.1, 0.15) is 77.9 Å². The maximum absolute atomic E-state index is 12.7. The Morgan fingerprint density at radius 2 is 2.07 bits per heavy atom. The summed E-state index contributed by atoms with van der Waals surface area (Å²) in [5, 5.41) is 6.74. The SMILES string of the molecule is CCCc1noc(CCCC(=O)N2CCCC[C@H]2CNC(=O)OC(C)(C)C)n1. The molecule has 2 heterocycles. The van der Waals surface area contributed by atoms with Gasteiger partial charge in [-0.05, 0) is 52.9 Å². The molecule has 0 spiro atoms. The van der Waals surface area contributed by atoms with Gasteiger partial charge in [0.15, 0.2) is 5.82 Å². The van der Waals surface area contributed by atoms with Crippen molar-refractivity contribution in [3.8, 4) is 0 Å². The second-order valence-electron chi connectivity index (χ2n) is 8.33. The molecule has 0 bridgehead atoms. The van der Waals surface area contributed by atoms with E-state index in [0.29, 0.717) is 31.7 Å². The second kappa shape index (κ2) is 10.4. The predicted molar refractivity (Wildman–Crippen MR) is 105 cm³/mol. The summed E-state index contributed by atoms with van der Waals surface area (Å²) in [6.45, 7) is 8.72. The van der Waals surface area contributed by atoms with Crippen LogP contribution in [0.5, 0.6) is 0 Å². The van der Waals surface area contributed by atoms with Crippen LogP contribution in [0.2, 0.25) is 0 Å². The van der Waals surface area contributed by atoms with Crippen molar-refractivity contribution in [1.82, 2.24) is 20.4 Å². The van der Waals surface area contributed by atoms with Crippen molar-refractivity contribution in [3.63, 3.8) is 0 Å². The summed E-state index contributed by atoms with van der Waals surface area (Å²) < 4.78 is 10.5. The van der Waals surface area contributed by atoms with Crippen LogP contribution in [0.15, 0.2) is 4.52 Å². The summed E-state index contributed by atoms with van der Waals surface area (Å²) >= 11 is 0. The summed E-state index contributed by atoms with van der Waals surface area (Å²) in [5.74, 6) is 1.44. The summed E-state index contributed by atoms with van der Waals surface area (Å²) in [6, 6.07) is 0.0216. The lowest BCUT2D eigenvalue weighted by atomic mass is 10.0. The highest BCUT2D eigenvalue weighted by Gasteiger charge is 2.27. The second-order valence-corrected chi connectivity index (χ2v) is 8.33. The number of nitrogens with zero attached hydrogens (tertiary/aromatic N) is 3. The molecule has 0 saturated carbocycles. The van der Waals surface area contributed by atoms with Gasteiger partial charge in [0.2, 0.25) is 11.8 Å². The molecule has 1 aliphatic rings. The number of piperidine rings is 1. The van der Waals surface area contributed by atoms with Gasteiger partial charge in [0, 0.05) is 38.4 Å². The molecule has 1 N–H and O–H groups in total. The van der Waals surface area contributed by atoms with Crippen molar-refractivity contribution >= 4 is 12.0 Å². The molecule has 0 radical (unpaired) electrons. The van der Waals surface area contributed by atoms with Crippen LogP contribution >= 0.6 is 0 Å². The third-order valence-corrected chi connectivity index (χ3v) is 4.59. The largest absolute Gasteiger partial charge is 0.444 e. The van der Waals surface area contributed by atoms with Crippen molar-refractivity contribution in [1.29, 1.82) is 0 Å². The molecule has 28 heavy (non-hydrogen) atoms. The first kappa shape index (κ1) is 22.2. The first-order valence-electron chi connectivity index (χ1n) is 10.4. The van der Waals surface area contributed by atoms with Gasteiger partial charge in [-0.15, -0.1) is 0 Å². The van der Waals surface area contributed by atoms with Crippen molar-refractivity contribution < 1.29 is 18.8 Å². The van der Waals surface area contributed by atoms with Crippen LogP contribution in [-0.4, -0.2) is 51.8 Å². The lowest BCUT2D eigenvalue weighted by Gasteiger charge is -2.36. The molecule has 1 atom stereocenters. The Morgan fingerprint density at radius 1 is 1.29 bits per heavy atom. The maximum Gasteiger partial charge on any atom is 0.407 e. The smallest absolute Gasteiger partial charge is 0.407 e. The zero-order valence-electron chi connectivity index (χ0n) is 17.6. The zero-order valence-corrected chi connectivity index (χ0v) is 17.6. The molecule has 1 aromatic rings. The number of likely N-dealkylation sites (tertiary alicyclic amines) is 1. The first-order valence-corrected chi connectivity index (χ1v) is 10.4. The number of rotatable bonds is 8. The Balaban J connectivity index is 1.78. The molecule has 0 aliphatic carbocycles. The average Bonchev–Trinajstić information content (AvgIpc) is 3.06. The number of aryl methyl sites for hydroxylation is 2. The highest BCUT2D eigenvalue weighted by Crippen LogP contribution is 2.19. The van der Waals surface area contributed by atoms with E-state index >= 15 is 0 Å². The predicted octanol–water partition coefficient (Wildman–Crippen LogP) is 3.25. The number of carbonyl (C=O) groups is 2. The van der Waals surface area contributed by atoms with Gasteiger partial charge in [-0.25, -0.2) is 4.79 Å². The molecule has 1 aromatic heterocycles. The van der Waals surface area contributed by atoms with Gasteiger partial charge < -0.3 is 19.5 Å². The third-order valence-electron chi connectivity index (χ3n) is 4.59. The Labute approximate surface area is 167 Å². The monoisotopic (exact) mass is 394 g/mol. The van der Waals surface area contributed by atoms with Crippen LogP contribution in [0.3, 0.4) is 0 Å². The molecule has 8 nitrogen and oxygen atoms in total. The van der Waals surface area contributed by atoms with Crippen LogP contribution < -0.4 is 5.32 Å². The van der Waals surface area contributed by atoms with Gasteiger partial charge in [-0.3, -0.25) is 4.79 Å². The number of ether oxygens (including phenoxy) is 1. The molecule has 8 heteroatoms. The summed E-state index contributed by atoms with van der Waals surface area (Å²) in [4.78, 5) is 30.8. The fourth-order valence-electron chi connectivity index (χ4n) is 3.31. The van der Waals surface area contributed by atoms with E-state index in [1.54, 1.807) is 0 Å². The standard InChI is InChI=1S/C20H34N4O4/c1-5-9-16-22-17(28-23-16)11-8-12-18(25)24-13-7-6-10-15(24)14-21-19(26)27-20(2,3)4/h15H,5-14H2,1-4H3,(H,21,26)/t15-/m0/s1. The van der Waals surface area contributed by atoms with E-state index < -0.39 is 11.7 Å². The molecule has 0 aromatic carbocycles. The number of aromatic nitrogens is 2. The molecular formula is C20H34N4O4. The van der Waals surface area contributed by atoms with Crippen molar-refractivity contribution in [2.75, 3.05) is 13.1 Å².